The van der Waals surface area contributed by atoms with Gasteiger partial charge in [0.15, 0.2) is 0 Å². The molecule has 0 radical (unpaired) electrons. The number of ether oxygens (including phenoxy) is 1. The van der Waals surface area contributed by atoms with Crippen molar-refractivity contribution in [2.75, 3.05) is 31.6 Å². The first-order valence-corrected chi connectivity index (χ1v) is 9.09. The van der Waals surface area contributed by atoms with Crippen molar-refractivity contribution in [1.29, 1.82) is 0 Å². The van der Waals surface area contributed by atoms with Gasteiger partial charge in [0.25, 0.3) is 0 Å². The highest BCUT2D eigenvalue weighted by Crippen LogP contribution is 2.22. The Balaban J connectivity index is 0.00000169. The molecule has 0 spiro atoms. The first kappa shape index (κ1) is 23.0. The van der Waals surface area contributed by atoms with Crippen LogP contribution in [0.4, 0.5) is 5.69 Å². The lowest BCUT2D eigenvalue weighted by Crippen LogP contribution is -2.52. The van der Waals surface area contributed by atoms with Crippen LogP contribution in [-0.4, -0.2) is 49.2 Å². The average molecular weight is 404 g/mol. The molecule has 2 aliphatic heterocycles. The zero-order valence-corrected chi connectivity index (χ0v) is 17.0. The second-order valence-corrected chi connectivity index (χ2v) is 7.09. The van der Waals surface area contributed by atoms with Crippen LogP contribution in [0.1, 0.15) is 31.2 Å². The number of likely N-dealkylation sites (tertiary alicyclic amines) is 1. The molecule has 26 heavy (non-hydrogen) atoms. The Bertz CT molecular complexity index is 559. The van der Waals surface area contributed by atoms with Crippen LogP contribution in [0.15, 0.2) is 24.3 Å². The third-order valence-electron chi connectivity index (χ3n) is 5.25. The molecule has 7 heteroatoms. The van der Waals surface area contributed by atoms with Crippen molar-refractivity contribution in [2.45, 2.75) is 44.7 Å². The third kappa shape index (κ3) is 6.02. The van der Waals surface area contributed by atoms with Gasteiger partial charge in [-0.05, 0) is 56.2 Å². The number of nitrogens with one attached hydrogen (secondary N) is 1. The average Bonchev–Trinajstić information content (AvgIpc) is 2.62. The van der Waals surface area contributed by atoms with Gasteiger partial charge in [-0.1, -0.05) is 12.1 Å². The fourth-order valence-electron chi connectivity index (χ4n) is 3.70. The van der Waals surface area contributed by atoms with Crippen molar-refractivity contribution >= 4 is 36.4 Å². The monoisotopic (exact) mass is 403 g/mol. The number of piperidine rings is 1. The minimum atomic E-state index is -0.366. The summed E-state index contributed by atoms with van der Waals surface area (Å²) in [4.78, 5) is 14.6. The summed E-state index contributed by atoms with van der Waals surface area (Å²) in [5, 5.41) is 3.59. The first-order chi connectivity index (χ1) is 11.6. The molecule has 2 aliphatic rings. The number of nitrogens with two attached hydrogens (primary N) is 1. The van der Waals surface area contributed by atoms with E-state index in [2.05, 4.69) is 36.5 Å². The molecule has 0 aromatic heterocycles. The number of anilines is 1. The Morgan fingerprint density at radius 1 is 1.19 bits per heavy atom. The minimum Gasteiger partial charge on any atom is -0.382 e. The number of rotatable bonds is 4. The van der Waals surface area contributed by atoms with Crippen molar-refractivity contribution in [1.82, 2.24) is 4.90 Å². The van der Waals surface area contributed by atoms with E-state index in [9.17, 15) is 4.79 Å². The summed E-state index contributed by atoms with van der Waals surface area (Å²) >= 11 is 0. The topological polar surface area (TPSA) is 67.6 Å². The Morgan fingerprint density at radius 2 is 1.85 bits per heavy atom. The fraction of sp³-hybridized carbons (Fsp3) is 0.632. The van der Waals surface area contributed by atoms with E-state index in [-0.39, 0.29) is 42.7 Å². The van der Waals surface area contributed by atoms with Gasteiger partial charge in [-0.25, -0.2) is 0 Å². The van der Waals surface area contributed by atoms with E-state index in [1.165, 1.54) is 11.3 Å². The molecule has 1 amide bonds. The normalized spacial score (nSPS) is 19.8. The van der Waals surface area contributed by atoms with Gasteiger partial charge in [-0.3, -0.25) is 4.79 Å². The van der Waals surface area contributed by atoms with Crippen LogP contribution in [-0.2, 0) is 9.53 Å². The number of halogens is 2. The Kier molecular flexibility index (Phi) is 9.72. The van der Waals surface area contributed by atoms with Gasteiger partial charge >= 0.3 is 0 Å². The summed E-state index contributed by atoms with van der Waals surface area (Å²) < 4.78 is 5.37. The van der Waals surface area contributed by atoms with E-state index in [0.717, 1.165) is 52.0 Å². The molecule has 0 saturated carbocycles. The molecule has 3 rings (SSSR count). The lowest BCUT2D eigenvalue weighted by molar-refractivity contribution is -0.135. The Hall–Kier alpha value is -1.01. The molecule has 1 atom stereocenters. The number of carbonyl (C=O) groups excluding carboxylic acids is 1. The molecule has 148 valence electrons. The maximum Gasteiger partial charge on any atom is 0.239 e. The molecule has 1 aromatic rings. The predicted octanol–water partition coefficient (Wildman–Crippen LogP) is 3.00. The molecule has 1 unspecified atom stereocenters. The zero-order valence-electron chi connectivity index (χ0n) is 15.4. The summed E-state index contributed by atoms with van der Waals surface area (Å²) in [6.45, 7) is 5.14. The lowest BCUT2D eigenvalue weighted by Gasteiger charge is -2.36. The van der Waals surface area contributed by atoms with Crippen LogP contribution >= 0.6 is 24.8 Å². The fourth-order valence-corrected chi connectivity index (χ4v) is 3.70. The quantitative estimate of drug-likeness (QED) is 0.810. The maximum atomic E-state index is 12.6. The molecular formula is C19H31Cl2N3O2. The predicted molar refractivity (Wildman–Crippen MR) is 110 cm³/mol. The number of aryl methyl sites for hydroxylation is 1. The largest absolute Gasteiger partial charge is 0.382 e. The lowest BCUT2D eigenvalue weighted by atomic mass is 9.91. The number of nitrogens with zero attached hydrogens (tertiary/aromatic N) is 1. The highest BCUT2D eigenvalue weighted by Gasteiger charge is 2.31. The molecule has 5 nitrogen and oxygen atoms in total. The van der Waals surface area contributed by atoms with Crippen LogP contribution < -0.4 is 11.1 Å². The smallest absolute Gasteiger partial charge is 0.239 e. The van der Waals surface area contributed by atoms with Gasteiger partial charge in [-0.15, -0.1) is 24.8 Å². The second kappa shape index (κ2) is 11.0. The molecule has 1 aromatic carbocycles. The van der Waals surface area contributed by atoms with Gasteiger partial charge in [0.2, 0.25) is 5.91 Å². The van der Waals surface area contributed by atoms with Gasteiger partial charge in [0.05, 0.1) is 6.04 Å². The van der Waals surface area contributed by atoms with Gasteiger partial charge < -0.3 is 20.7 Å². The zero-order chi connectivity index (χ0) is 16.9. The van der Waals surface area contributed by atoms with Crippen molar-refractivity contribution in [3.05, 3.63) is 29.8 Å². The van der Waals surface area contributed by atoms with Crippen LogP contribution in [0.5, 0.6) is 0 Å². The van der Waals surface area contributed by atoms with Crippen molar-refractivity contribution in [3.63, 3.8) is 0 Å². The highest BCUT2D eigenvalue weighted by atomic mass is 35.5. The number of hydrogen-bond donors (Lipinski definition) is 2. The summed E-state index contributed by atoms with van der Waals surface area (Å²) in [5.41, 5.74) is 8.66. The van der Waals surface area contributed by atoms with Gasteiger partial charge in [-0.2, -0.15) is 0 Å². The molecule has 0 bridgehead atoms. The molecule has 2 saturated heterocycles. The molecule has 2 fully saturated rings. The molecule has 3 N–H and O–H groups in total. The number of amides is 1. The highest BCUT2D eigenvalue weighted by molar-refractivity contribution is 5.85. The Labute approximate surface area is 168 Å². The summed E-state index contributed by atoms with van der Waals surface area (Å²) in [6.07, 6.45) is 3.75. The standard InChI is InChI=1S/C19H29N3O2.2ClH/c1-14-3-2-4-17(13-14)21-16-5-9-22(10-6-16)19(23)18(20)15-7-11-24-12-8-15;;/h2-4,13,15-16,18,21H,5-12,20H2,1H3;2*1H. The van der Waals surface area contributed by atoms with E-state index in [4.69, 9.17) is 10.5 Å². The Morgan fingerprint density at radius 3 is 2.46 bits per heavy atom. The summed E-state index contributed by atoms with van der Waals surface area (Å²) in [5.74, 6) is 0.394. The number of benzene rings is 1. The van der Waals surface area contributed by atoms with Gasteiger partial charge in [0.1, 0.15) is 0 Å². The van der Waals surface area contributed by atoms with Crippen molar-refractivity contribution in [2.24, 2.45) is 11.7 Å². The SMILES string of the molecule is Cc1cccc(NC2CCN(C(=O)C(N)C3CCOCC3)CC2)c1.Cl.Cl. The van der Waals surface area contributed by atoms with E-state index in [1.54, 1.807) is 0 Å². The van der Waals surface area contributed by atoms with Gasteiger partial charge in [0, 0.05) is 38.0 Å². The molecule has 2 heterocycles. The van der Waals surface area contributed by atoms with Crippen LogP contribution in [0.3, 0.4) is 0 Å². The van der Waals surface area contributed by atoms with E-state index in [1.807, 2.05) is 4.90 Å². The van der Waals surface area contributed by atoms with E-state index < -0.39 is 0 Å². The second-order valence-electron chi connectivity index (χ2n) is 7.09. The van der Waals surface area contributed by atoms with E-state index >= 15 is 0 Å². The van der Waals surface area contributed by atoms with Crippen LogP contribution in [0.2, 0.25) is 0 Å². The third-order valence-corrected chi connectivity index (χ3v) is 5.25. The van der Waals surface area contributed by atoms with E-state index in [0.29, 0.717) is 6.04 Å². The summed E-state index contributed by atoms with van der Waals surface area (Å²) in [6, 6.07) is 8.50. The minimum absolute atomic E-state index is 0. The molecule has 0 aliphatic carbocycles. The molecular weight excluding hydrogens is 373 g/mol. The first-order valence-electron chi connectivity index (χ1n) is 9.09. The van der Waals surface area contributed by atoms with Crippen LogP contribution in [0, 0.1) is 12.8 Å². The maximum absolute atomic E-state index is 12.6. The summed E-state index contributed by atoms with van der Waals surface area (Å²) in [7, 11) is 0. The van der Waals surface area contributed by atoms with Crippen LogP contribution in [0.25, 0.3) is 0 Å². The van der Waals surface area contributed by atoms with Crippen molar-refractivity contribution in [3.8, 4) is 0 Å². The van der Waals surface area contributed by atoms with Crippen molar-refractivity contribution < 1.29 is 9.53 Å². The number of carbonyl (C=O) groups is 1. The number of hydrogen-bond acceptors (Lipinski definition) is 4.